The fourth-order valence-electron chi connectivity index (χ4n) is 2.15. The van der Waals surface area contributed by atoms with Crippen molar-refractivity contribution in [1.29, 1.82) is 0 Å². The number of anilines is 1. The lowest BCUT2D eigenvalue weighted by atomic mass is 10.2. The van der Waals surface area contributed by atoms with Crippen LogP contribution < -0.4 is 15.0 Å². The fourth-order valence-corrected chi connectivity index (χ4v) is 2.71. The maximum atomic E-state index is 11.2. The lowest BCUT2D eigenvalue weighted by Gasteiger charge is -2.23. The molecule has 1 atom stereocenters. The standard InChI is InChI=1S/C12H13N6O2S/c1-21(19,20)17-9-2-4-10(5-3-9)18-7-6-14-8-11(18)15-12(13)16-18/h2-8,17H,1H3,(H2,13,16)/q+1. The Morgan fingerprint density at radius 3 is 2.62 bits per heavy atom. The van der Waals surface area contributed by atoms with E-state index in [4.69, 9.17) is 5.73 Å². The summed E-state index contributed by atoms with van der Waals surface area (Å²) in [6, 6.07) is 6.83. The molecule has 3 N–H and O–H groups in total. The van der Waals surface area contributed by atoms with Gasteiger partial charge in [-0.15, -0.1) is 0 Å². The zero-order valence-electron chi connectivity index (χ0n) is 11.1. The van der Waals surface area contributed by atoms with Gasteiger partial charge in [-0.25, -0.2) is 8.42 Å². The topological polar surface area (TPSA) is 109 Å². The smallest absolute Gasteiger partial charge is 0.286 e. The third-order valence-corrected chi connectivity index (χ3v) is 3.57. The predicted molar refractivity (Wildman–Crippen MR) is 83.4 cm³/mol. The van der Waals surface area contributed by atoms with Gasteiger partial charge in [-0.2, -0.15) is 4.99 Å². The summed E-state index contributed by atoms with van der Waals surface area (Å²) in [4.78, 5) is 8.16. The normalized spacial score (nSPS) is 23.5. The molecule has 0 aliphatic carbocycles. The van der Waals surface area contributed by atoms with Crippen LogP contribution in [0.3, 0.4) is 0 Å². The predicted octanol–water partition coefficient (Wildman–Crippen LogP) is 0.563. The summed E-state index contributed by atoms with van der Waals surface area (Å²) in [5.74, 6) is 0.750. The van der Waals surface area contributed by atoms with Gasteiger partial charge in [0.25, 0.3) is 11.8 Å². The van der Waals surface area contributed by atoms with Gasteiger partial charge in [-0.1, -0.05) is 4.59 Å². The fraction of sp³-hybridized carbons (Fsp3) is 0.0833. The number of quaternary nitrogens is 1. The van der Waals surface area contributed by atoms with Crippen LogP contribution in [0, 0.1) is 0 Å². The van der Waals surface area contributed by atoms with Gasteiger partial charge in [-0.05, 0) is 17.2 Å². The Morgan fingerprint density at radius 1 is 1.24 bits per heavy atom. The number of benzene rings is 1. The first-order valence-electron chi connectivity index (χ1n) is 6.02. The van der Waals surface area contributed by atoms with Gasteiger partial charge >= 0.3 is 0 Å². The SMILES string of the molecule is CS(=O)(=O)Nc1ccc([N+]23C=CN=CC2=NC(N)=N3)cc1. The largest absolute Gasteiger partial charge is 0.363 e. The van der Waals surface area contributed by atoms with Crippen molar-refractivity contribution >= 4 is 39.4 Å². The van der Waals surface area contributed by atoms with E-state index in [0.29, 0.717) is 11.5 Å². The average Bonchev–Trinajstić information content (AvgIpc) is 2.74. The summed E-state index contributed by atoms with van der Waals surface area (Å²) < 4.78 is 24.8. The minimum Gasteiger partial charge on any atom is -0.363 e. The van der Waals surface area contributed by atoms with Gasteiger partial charge < -0.3 is 5.73 Å². The number of guanidine groups is 1. The Bertz CT molecular complexity index is 807. The first kappa shape index (κ1) is 13.5. The second-order valence-electron chi connectivity index (χ2n) is 4.61. The average molecular weight is 305 g/mol. The highest BCUT2D eigenvalue weighted by molar-refractivity contribution is 7.92. The van der Waals surface area contributed by atoms with Crippen molar-refractivity contribution in [2.75, 3.05) is 11.0 Å². The highest BCUT2D eigenvalue weighted by Crippen LogP contribution is 2.31. The van der Waals surface area contributed by atoms with Crippen molar-refractivity contribution < 1.29 is 8.42 Å². The van der Waals surface area contributed by atoms with Crippen LogP contribution in [-0.2, 0) is 10.0 Å². The van der Waals surface area contributed by atoms with Gasteiger partial charge in [0.2, 0.25) is 10.0 Å². The Kier molecular flexibility index (Phi) is 2.88. The Labute approximate surface area is 121 Å². The maximum Gasteiger partial charge on any atom is 0.286 e. The van der Waals surface area contributed by atoms with E-state index in [9.17, 15) is 8.42 Å². The molecule has 0 spiro atoms. The third kappa shape index (κ3) is 2.43. The minimum absolute atomic E-state index is 0.00547. The van der Waals surface area contributed by atoms with E-state index in [1.165, 1.54) is 0 Å². The molecular formula is C12H13N6O2S+. The highest BCUT2D eigenvalue weighted by atomic mass is 32.2. The van der Waals surface area contributed by atoms with Crippen LogP contribution in [0.5, 0.6) is 0 Å². The monoisotopic (exact) mass is 305 g/mol. The van der Waals surface area contributed by atoms with Crippen LogP contribution in [0.15, 0.2) is 51.8 Å². The summed E-state index contributed by atoms with van der Waals surface area (Å²) in [6.45, 7) is 0. The minimum atomic E-state index is -3.30. The molecule has 0 amide bonds. The number of rotatable bonds is 3. The second kappa shape index (κ2) is 4.50. The molecule has 2 heterocycles. The first-order chi connectivity index (χ1) is 9.89. The number of nitrogens with two attached hydrogens (primary N) is 1. The van der Waals surface area contributed by atoms with Gasteiger partial charge in [0.1, 0.15) is 6.21 Å². The first-order valence-corrected chi connectivity index (χ1v) is 7.91. The van der Waals surface area contributed by atoms with E-state index < -0.39 is 10.0 Å². The van der Waals surface area contributed by atoms with E-state index in [1.807, 2.05) is 0 Å². The van der Waals surface area contributed by atoms with E-state index in [-0.39, 0.29) is 10.6 Å². The van der Waals surface area contributed by atoms with Crippen LogP contribution in [-0.4, -0.2) is 32.7 Å². The van der Waals surface area contributed by atoms with Crippen LogP contribution in [0.4, 0.5) is 11.4 Å². The molecular weight excluding hydrogens is 292 g/mol. The molecule has 2 aliphatic heterocycles. The zero-order chi connectivity index (χ0) is 15.1. The lowest BCUT2D eigenvalue weighted by Crippen LogP contribution is -2.44. The molecule has 1 unspecified atom stereocenters. The number of hydrogen-bond donors (Lipinski definition) is 2. The van der Waals surface area contributed by atoms with E-state index in [0.717, 1.165) is 11.9 Å². The zero-order valence-corrected chi connectivity index (χ0v) is 11.9. The number of fused-ring (bicyclic) bond motifs is 1. The van der Waals surface area contributed by atoms with Crippen molar-refractivity contribution in [1.82, 2.24) is 4.59 Å². The molecule has 21 heavy (non-hydrogen) atoms. The van der Waals surface area contributed by atoms with Gasteiger partial charge in [0, 0.05) is 17.8 Å². The second-order valence-corrected chi connectivity index (χ2v) is 6.36. The third-order valence-electron chi connectivity index (χ3n) is 2.96. The molecule has 0 aromatic heterocycles. The summed E-state index contributed by atoms with van der Waals surface area (Å²) in [5, 5.41) is 4.33. The Balaban J connectivity index is 2.00. The lowest BCUT2D eigenvalue weighted by molar-refractivity contribution is 0.592. The molecule has 0 saturated heterocycles. The van der Waals surface area contributed by atoms with Gasteiger partial charge in [0.05, 0.1) is 12.5 Å². The van der Waals surface area contributed by atoms with Crippen LogP contribution >= 0.6 is 0 Å². The summed E-state index contributed by atoms with van der Waals surface area (Å²) in [6.07, 6.45) is 6.05. The molecule has 0 fully saturated rings. The molecule has 2 aliphatic rings. The Morgan fingerprint density at radius 2 is 1.95 bits per heavy atom. The number of nitrogens with one attached hydrogen (secondary N) is 1. The van der Waals surface area contributed by atoms with Crippen molar-refractivity contribution in [3.8, 4) is 0 Å². The molecule has 0 bridgehead atoms. The molecule has 8 nitrogen and oxygen atoms in total. The molecule has 0 radical (unpaired) electrons. The van der Waals surface area contributed by atoms with Crippen LogP contribution in [0.25, 0.3) is 0 Å². The summed E-state index contributed by atoms with van der Waals surface area (Å²) >= 11 is 0. The van der Waals surface area contributed by atoms with E-state index in [1.54, 1.807) is 42.9 Å². The quantitative estimate of drug-likeness (QED) is 0.796. The van der Waals surface area contributed by atoms with Crippen LogP contribution in [0.2, 0.25) is 0 Å². The van der Waals surface area contributed by atoms with E-state index >= 15 is 0 Å². The summed E-state index contributed by atoms with van der Waals surface area (Å²) in [7, 11) is -3.30. The molecule has 1 aromatic carbocycles. The summed E-state index contributed by atoms with van der Waals surface area (Å²) in [5.41, 5.74) is 6.94. The molecule has 108 valence electrons. The van der Waals surface area contributed by atoms with Crippen LogP contribution in [0.1, 0.15) is 0 Å². The van der Waals surface area contributed by atoms with Gasteiger partial charge in [0.15, 0.2) is 11.9 Å². The highest BCUT2D eigenvalue weighted by Gasteiger charge is 2.41. The Hall–Kier alpha value is -2.52. The molecule has 0 saturated carbocycles. The maximum absolute atomic E-state index is 11.2. The number of hydrogen-bond acceptors (Lipinski definition) is 6. The molecule has 1 aromatic rings. The number of aliphatic imine (C=N–C) groups is 2. The van der Waals surface area contributed by atoms with Crippen molar-refractivity contribution in [2.24, 2.45) is 20.8 Å². The number of amidine groups is 1. The molecule has 3 rings (SSSR count). The van der Waals surface area contributed by atoms with Crippen molar-refractivity contribution in [2.45, 2.75) is 0 Å². The van der Waals surface area contributed by atoms with E-state index in [2.05, 4.69) is 19.8 Å². The number of nitrogens with zero attached hydrogens (tertiary/aromatic N) is 4. The van der Waals surface area contributed by atoms with Crippen molar-refractivity contribution in [3.63, 3.8) is 0 Å². The van der Waals surface area contributed by atoms with Crippen molar-refractivity contribution in [3.05, 3.63) is 36.7 Å². The molecule has 9 heteroatoms. The number of sulfonamides is 1. The van der Waals surface area contributed by atoms with Gasteiger partial charge in [-0.3, -0.25) is 9.71 Å².